The monoisotopic (exact) mass is 328 g/mol. The highest BCUT2D eigenvalue weighted by atomic mass is 16.1. The van der Waals surface area contributed by atoms with Gasteiger partial charge in [0.1, 0.15) is 0 Å². The van der Waals surface area contributed by atoms with Gasteiger partial charge in [-0.2, -0.15) is 0 Å². The van der Waals surface area contributed by atoms with E-state index in [1.54, 1.807) is 0 Å². The third-order valence-corrected chi connectivity index (χ3v) is 5.60. The zero-order chi connectivity index (χ0) is 17.2. The van der Waals surface area contributed by atoms with Crippen LogP contribution in [0, 0.1) is 5.92 Å². The number of fused-ring (bicyclic) bond motifs is 2. The summed E-state index contributed by atoms with van der Waals surface area (Å²) in [6.07, 6.45) is 6.57. The molecule has 0 aliphatic carbocycles. The SMILES string of the molecule is CC(C)(C)c1ccc(CCNC(=O)CC2CC3CCC(C2)N3)cc1. The van der Waals surface area contributed by atoms with Crippen molar-refractivity contribution in [2.24, 2.45) is 5.92 Å². The maximum Gasteiger partial charge on any atom is 0.220 e. The number of rotatable bonds is 5. The Bertz CT molecular complexity index is 546. The molecule has 3 rings (SSSR count). The van der Waals surface area contributed by atoms with E-state index in [0.29, 0.717) is 24.4 Å². The molecule has 2 atom stereocenters. The molecular formula is C21H32N2O. The standard InChI is InChI=1S/C21H32N2O/c1-21(2,3)17-6-4-15(5-7-17)10-11-22-20(24)14-16-12-18-8-9-19(13-16)23-18/h4-7,16,18-19,23H,8-14H2,1-3H3,(H,22,24). The van der Waals surface area contributed by atoms with Gasteiger partial charge in [-0.3, -0.25) is 4.79 Å². The predicted octanol–water partition coefficient (Wildman–Crippen LogP) is 3.56. The van der Waals surface area contributed by atoms with Crippen LogP contribution in [0.4, 0.5) is 0 Å². The summed E-state index contributed by atoms with van der Waals surface area (Å²) in [5, 5.41) is 6.76. The Kier molecular flexibility index (Phi) is 5.29. The van der Waals surface area contributed by atoms with Gasteiger partial charge >= 0.3 is 0 Å². The van der Waals surface area contributed by atoms with Crippen molar-refractivity contribution in [3.63, 3.8) is 0 Å². The van der Waals surface area contributed by atoms with E-state index in [1.807, 2.05) is 0 Å². The van der Waals surface area contributed by atoms with Crippen molar-refractivity contribution in [2.45, 2.75) is 76.8 Å². The molecule has 0 radical (unpaired) electrons. The lowest BCUT2D eigenvalue weighted by molar-refractivity contribution is -0.122. The second-order valence-corrected chi connectivity index (χ2v) is 8.73. The number of hydrogen-bond donors (Lipinski definition) is 2. The molecular weight excluding hydrogens is 296 g/mol. The Balaban J connectivity index is 1.39. The minimum atomic E-state index is 0.195. The van der Waals surface area contributed by atoms with Crippen LogP contribution < -0.4 is 10.6 Å². The van der Waals surface area contributed by atoms with Gasteiger partial charge < -0.3 is 10.6 Å². The topological polar surface area (TPSA) is 41.1 Å². The number of benzene rings is 1. The van der Waals surface area contributed by atoms with E-state index >= 15 is 0 Å². The first-order valence-electron chi connectivity index (χ1n) is 9.52. The van der Waals surface area contributed by atoms with Crippen molar-refractivity contribution in [1.29, 1.82) is 0 Å². The van der Waals surface area contributed by atoms with E-state index < -0.39 is 0 Å². The van der Waals surface area contributed by atoms with Gasteiger partial charge in [0.25, 0.3) is 0 Å². The van der Waals surface area contributed by atoms with E-state index in [0.717, 1.165) is 13.0 Å². The molecule has 2 bridgehead atoms. The minimum Gasteiger partial charge on any atom is -0.356 e. The number of piperidine rings is 1. The summed E-state index contributed by atoms with van der Waals surface area (Å²) in [6, 6.07) is 10.1. The van der Waals surface area contributed by atoms with Gasteiger partial charge in [-0.05, 0) is 54.6 Å². The molecule has 2 aliphatic rings. The maximum absolute atomic E-state index is 12.2. The van der Waals surface area contributed by atoms with E-state index in [-0.39, 0.29) is 11.3 Å². The van der Waals surface area contributed by atoms with Crippen LogP contribution in [0.25, 0.3) is 0 Å². The van der Waals surface area contributed by atoms with Crippen LogP contribution in [0.5, 0.6) is 0 Å². The first kappa shape index (κ1) is 17.5. The van der Waals surface area contributed by atoms with Gasteiger partial charge in [0, 0.05) is 25.0 Å². The molecule has 2 heterocycles. The molecule has 132 valence electrons. The predicted molar refractivity (Wildman–Crippen MR) is 99.1 cm³/mol. The molecule has 2 N–H and O–H groups in total. The Labute approximate surface area is 146 Å². The molecule has 2 fully saturated rings. The summed E-state index contributed by atoms with van der Waals surface area (Å²) >= 11 is 0. The number of hydrogen-bond acceptors (Lipinski definition) is 2. The normalized spacial score (nSPS) is 26.4. The number of carbonyl (C=O) groups is 1. The Hall–Kier alpha value is -1.35. The lowest BCUT2D eigenvalue weighted by atomic mass is 9.86. The summed E-state index contributed by atoms with van der Waals surface area (Å²) in [5.41, 5.74) is 2.85. The van der Waals surface area contributed by atoms with E-state index in [9.17, 15) is 4.79 Å². The van der Waals surface area contributed by atoms with Crippen molar-refractivity contribution < 1.29 is 4.79 Å². The van der Waals surface area contributed by atoms with Crippen molar-refractivity contribution in [3.8, 4) is 0 Å². The summed E-state index contributed by atoms with van der Waals surface area (Å²) in [6.45, 7) is 7.44. The summed E-state index contributed by atoms with van der Waals surface area (Å²) < 4.78 is 0. The molecule has 0 aromatic heterocycles. The van der Waals surface area contributed by atoms with E-state index in [4.69, 9.17) is 0 Å². The average Bonchev–Trinajstić information content (AvgIpc) is 2.86. The highest BCUT2D eigenvalue weighted by Gasteiger charge is 2.34. The second-order valence-electron chi connectivity index (χ2n) is 8.73. The van der Waals surface area contributed by atoms with Gasteiger partial charge in [-0.25, -0.2) is 0 Å². The van der Waals surface area contributed by atoms with Crippen LogP contribution in [0.3, 0.4) is 0 Å². The molecule has 2 saturated heterocycles. The summed E-state index contributed by atoms with van der Waals surface area (Å²) in [7, 11) is 0. The van der Waals surface area contributed by atoms with Crippen LogP contribution in [-0.2, 0) is 16.6 Å². The molecule has 1 amide bonds. The molecule has 1 aromatic carbocycles. The van der Waals surface area contributed by atoms with Crippen LogP contribution in [0.2, 0.25) is 0 Å². The fourth-order valence-corrected chi connectivity index (χ4v) is 4.19. The molecule has 1 aromatic rings. The minimum absolute atomic E-state index is 0.195. The van der Waals surface area contributed by atoms with E-state index in [1.165, 1.54) is 36.8 Å². The van der Waals surface area contributed by atoms with Crippen molar-refractivity contribution in [2.75, 3.05) is 6.54 Å². The Morgan fingerprint density at radius 2 is 1.75 bits per heavy atom. The van der Waals surface area contributed by atoms with Crippen molar-refractivity contribution >= 4 is 5.91 Å². The largest absolute Gasteiger partial charge is 0.356 e. The van der Waals surface area contributed by atoms with E-state index in [2.05, 4.69) is 55.7 Å². The number of carbonyl (C=O) groups excluding carboxylic acids is 1. The first-order chi connectivity index (χ1) is 11.4. The molecule has 2 unspecified atom stereocenters. The molecule has 3 heteroatoms. The lowest BCUT2D eigenvalue weighted by Crippen LogP contribution is -2.39. The molecule has 0 spiro atoms. The fourth-order valence-electron chi connectivity index (χ4n) is 4.19. The molecule has 3 nitrogen and oxygen atoms in total. The van der Waals surface area contributed by atoms with Crippen LogP contribution >= 0.6 is 0 Å². The molecule has 24 heavy (non-hydrogen) atoms. The van der Waals surface area contributed by atoms with Crippen LogP contribution in [0.15, 0.2) is 24.3 Å². The quantitative estimate of drug-likeness (QED) is 0.868. The first-order valence-corrected chi connectivity index (χ1v) is 9.52. The lowest BCUT2D eigenvalue weighted by Gasteiger charge is -2.28. The number of nitrogens with one attached hydrogen (secondary N) is 2. The summed E-state index contributed by atoms with van der Waals surface area (Å²) in [5.74, 6) is 0.808. The number of amides is 1. The second kappa shape index (κ2) is 7.26. The maximum atomic E-state index is 12.2. The van der Waals surface area contributed by atoms with Crippen LogP contribution in [-0.4, -0.2) is 24.5 Å². The van der Waals surface area contributed by atoms with Gasteiger partial charge in [-0.1, -0.05) is 45.0 Å². The zero-order valence-corrected chi connectivity index (χ0v) is 15.4. The fraction of sp³-hybridized carbons (Fsp3) is 0.667. The zero-order valence-electron chi connectivity index (χ0n) is 15.4. The van der Waals surface area contributed by atoms with Crippen molar-refractivity contribution in [1.82, 2.24) is 10.6 Å². The average molecular weight is 328 g/mol. The highest BCUT2D eigenvalue weighted by molar-refractivity contribution is 5.76. The highest BCUT2D eigenvalue weighted by Crippen LogP contribution is 2.32. The molecule has 2 aliphatic heterocycles. The van der Waals surface area contributed by atoms with Crippen molar-refractivity contribution in [3.05, 3.63) is 35.4 Å². The van der Waals surface area contributed by atoms with Gasteiger partial charge in [0.2, 0.25) is 5.91 Å². The smallest absolute Gasteiger partial charge is 0.220 e. The Morgan fingerprint density at radius 1 is 1.12 bits per heavy atom. The molecule has 0 saturated carbocycles. The van der Waals surface area contributed by atoms with Crippen LogP contribution in [0.1, 0.15) is 64.0 Å². The third kappa shape index (κ3) is 4.60. The Morgan fingerprint density at radius 3 is 2.33 bits per heavy atom. The van der Waals surface area contributed by atoms with Gasteiger partial charge in [0.05, 0.1) is 0 Å². The third-order valence-electron chi connectivity index (χ3n) is 5.60. The summed E-state index contributed by atoms with van der Waals surface area (Å²) in [4.78, 5) is 12.2. The van der Waals surface area contributed by atoms with Gasteiger partial charge in [-0.15, -0.1) is 0 Å². The van der Waals surface area contributed by atoms with Gasteiger partial charge in [0.15, 0.2) is 0 Å².